The predicted octanol–water partition coefficient (Wildman–Crippen LogP) is 2.75. The van der Waals surface area contributed by atoms with E-state index in [9.17, 15) is 4.79 Å². The van der Waals surface area contributed by atoms with E-state index in [0.717, 1.165) is 63.6 Å². The molecule has 1 aromatic carbocycles. The van der Waals surface area contributed by atoms with Crippen molar-refractivity contribution in [2.75, 3.05) is 46.1 Å². The molecule has 0 bridgehead atoms. The number of carbonyl (C=O) groups excluding carboxylic acids is 1. The van der Waals surface area contributed by atoms with Crippen LogP contribution >= 0.6 is 0 Å². The van der Waals surface area contributed by atoms with Crippen LogP contribution in [0.15, 0.2) is 30.3 Å². The maximum absolute atomic E-state index is 11.7. The quantitative estimate of drug-likeness (QED) is 0.395. The minimum Gasteiger partial charge on any atom is -0.494 e. The van der Waals surface area contributed by atoms with Gasteiger partial charge in [-0.3, -0.25) is 4.90 Å². The fourth-order valence-corrected chi connectivity index (χ4v) is 2.32. The minimum atomic E-state index is -0.313. The third-order valence-corrected chi connectivity index (χ3v) is 3.81. The Hall–Kier alpha value is -1.85. The molecular weight excluding hydrogens is 306 g/mol. The van der Waals surface area contributed by atoms with Gasteiger partial charge in [0.05, 0.1) is 19.8 Å². The number of nitrogens with zero attached hydrogens (tertiary/aromatic N) is 1. The molecule has 24 heavy (non-hydrogen) atoms. The molecule has 1 fully saturated rings. The molecule has 0 saturated carbocycles. The average molecular weight is 333 g/mol. The minimum absolute atomic E-state index is 0.313. The summed E-state index contributed by atoms with van der Waals surface area (Å²) in [6.07, 6.45) is 5.39. The Bertz CT molecular complexity index is 507. The van der Waals surface area contributed by atoms with E-state index < -0.39 is 0 Å². The Labute approximate surface area is 144 Å². The summed E-state index contributed by atoms with van der Waals surface area (Å²) in [5.74, 6) is 0.542. The van der Waals surface area contributed by atoms with Crippen molar-refractivity contribution in [3.63, 3.8) is 0 Å². The van der Waals surface area contributed by atoms with Gasteiger partial charge in [0.1, 0.15) is 12.4 Å². The maximum Gasteiger partial charge on any atom is 0.330 e. The van der Waals surface area contributed by atoms with E-state index in [1.165, 1.54) is 6.08 Å². The van der Waals surface area contributed by atoms with E-state index in [4.69, 9.17) is 14.2 Å². The maximum atomic E-state index is 11.7. The van der Waals surface area contributed by atoms with Crippen LogP contribution in [0.4, 0.5) is 0 Å². The highest BCUT2D eigenvalue weighted by atomic mass is 16.5. The molecule has 0 unspecified atom stereocenters. The Morgan fingerprint density at radius 2 is 1.96 bits per heavy atom. The number of hydrogen-bond donors (Lipinski definition) is 0. The second kappa shape index (κ2) is 10.8. The second-order valence-electron chi connectivity index (χ2n) is 5.73. The molecule has 0 spiro atoms. The van der Waals surface area contributed by atoms with Gasteiger partial charge in [0.2, 0.25) is 0 Å². The first-order chi connectivity index (χ1) is 11.8. The molecule has 1 heterocycles. The predicted molar refractivity (Wildman–Crippen MR) is 94.1 cm³/mol. The van der Waals surface area contributed by atoms with E-state index in [-0.39, 0.29) is 5.97 Å². The van der Waals surface area contributed by atoms with Crippen LogP contribution in [0.1, 0.15) is 25.3 Å². The van der Waals surface area contributed by atoms with Gasteiger partial charge in [-0.05, 0) is 30.2 Å². The normalized spacial score (nSPS) is 15.5. The molecule has 1 saturated heterocycles. The highest BCUT2D eigenvalue weighted by Gasteiger charge is 2.10. The first-order valence-electron chi connectivity index (χ1n) is 8.65. The van der Waals surface area contributed by atoms with E-state index in [1.54, 1.807) is 6.08 Å². The summed E-state index contributed by atoms with van der Waals surface area (Å²) in [6, 6.07) is 7.69. The monoisotopic (exact) mass is 333 g/mol. The lowest BCUT2D eigenvalue weighted by Crippen LogP contribution is -2.38. The first kappa shape index (κ1) is 18.5. The highest BCUT2D eigenvalue weighted by Crippen LogP contribution is 2.13. The molecule has 1 aliphatic rings. The van der Waals surface area contributed by atoms with Gasteiger partial charge in [0, 0.05) is 25.7 Å². The Morgan fingerprint density at radius 3 is 2.67 bits per heavy atom. The molecule has 132 valence electrons. The van der Waals surface area contributed by atoms with Crippen LogP contribution in [0, 0.1) is 0 Å². The van der Waals surface area contributed by atoms with Crippen molar-refractivity contribution in [2.45, 2.75) is 19.8 Å². The molecule has 0 amide bonds. The van der Waals surface area contributed by atoms with E-state index in [0.29, 0.717) is 6.61 Å². The van der Waals surface area contributed by atoms with Crippen molar-refractivity contribution < 1.29 is 19.0 Å². The highest BCUT2D eigenvalue weighted by molar-refractivity contribution is 5.87. The van der Waals surface area contributed by atoms with Gasteiger partial charge in [0.25, 0.3) is 0 Å². The van der Waals surface area contributed by atoms with Crippen LogP contribution in [0.3, 0.4) is 0 Å². The number of benzene rings is 1. The molecule has 0 radical (unpaired) electrons. The zero-order chi connectivity index (χ0) is 17.0. The third-order valence-electron chi connectivity index (χ3n) is 3.81. The van der Waals surface area contributed by atoms with Gasteiger partial charge in [-0.1, -0.05) is 25.5 Å². The van der Waals surface area contributed by atoms with Crippen LogP contribution in [0.5, 0.6) is 5.75 Å². The number of rotatable bonds is 9. The Balaban J connectivity index is 1.66. The van der Waals surface area contributed by atoms with Crippen molar-refractivity contribution in [2.24, 2.45) is 0 Å². The topological polar surface area (TPSA) is 48.0 Å². The molecule has 0 aromatic heterocycles. The van der Waals surface area contributed by atoms with E-state index in [1.807, 2.05) is 24.3 Å². The van der Waals surface area contributed by atoms with Crippen molar-refractivity contribution >= 4 is 12.0 Å². The molecule has 0 aliphatic carbocycles. The van der Waals surface area contributed by atoms with Gasteiger partial charge >= 0.3 is 5.97 Å². The van der Waals surface area contributed by atoms with Crippen LogP contribution in [0.25, 0.3) is 6.08 Å². The van der Waals surface area contributed by atoms with Crippen molar-refractivity contribution in [1.29, 1.82) is 0 Å². The average Bonchev–Trinajstić information content (AvgIpc) is 2.62. The SMILES string of the molecule is CCCCOc1ccc(/C=C/C(=O)OCCN2CCOCC2)cc1. The molecule has 1 aromatic rings. The van der Waals surface area contributed by atoms with Crippen LogP contribution in [-0.2, 0) is 14.3 Å². The smallest absolute Gasteiger partial charge is 0.330 e. The molecule has 5 nitrogen and oxygen atoms in total. The number of esters is 1. The second-order valence-corrected chi connectivity index (χ2v) is 5.73. The van der Waals surface area contributed by atoms with Crippen LogP contribution < -0.4 is 4.74 Å². The Kier molecular flexibility index (Phi) is 8.35. The fraction of sp³-hybridized carbons (Fsp3) is 0.526. The van der Waals surface area contributed by atoms with Gasteiger partial charge in [-0.25, -0.2) is 4.79 Å². The zero-order valence-corrected chi connectivity index (χ0v) is 14.4. The lowest BCUT2D eigenvalue weighted by atomic mass is 10.2. The first-order valence-corrected chi connectivity index (χ1v) is 8.65. The summed E-state index contributed by atoms with van der Waals surface area (Å²) < 4.78 is 16.1. The van der Waals surface area contributed by atoms with E-state index in [2.05, 4.69) is 11.8 Å². The molecule has 0 N–H and O–H groups in total. The van der Waals surface area contributed by atoms with Crippen molar-refractivity contribution in [3.05, 3.63) is 35.9 Å². The van der Waals surface area contributed by atoms with Gasteiger partial charge in [-0.15, -0.1) is 0 Å². The van der Waals surface area contributed by atoms with Crippen molar-refractivity contribution in [1.82, 2.24) is 4.90 Å². The molecule has 2 rings (SSSR count). The van der Waals surface area contributed by atoms with Gasteiger partial charge < -0.3 is 14.2 Å². The summed E-state index contributed by atoms with van der Waals surface area (Å²) in [7, 11) is 0. The number of unbranched alkanes of at least 4 members (excludes halogenated alkanes) is 1. The molecule has 1 aliphatic heterocycles. The van der Waals surface area contributed by atoms with Gasteiger partial charge in [0.15, 0.2) is 0 Å². The van der Waals surface area contributed by atoms with Crippen molar-refractivity contribution in [3.8, 4) is 5.75 Å². The van der Waals surface area contributed by atoms with Gasteiger partial charge in [-0.2, -0.15) is 0 Å². The fourth-order valence-electron chi connectivity index (χ4n) is 2.32. The number of carbonyl (C=O) groups is 1. The number of ether oxygens (including phenoxy) is 3. The van der Waals surface area contributed by atoms with Crippen LogP contribution in [0.2, 0.25) is 0 Å². The lowest BCUT2D eigenvalue weighted by molar-refractivity contribution is -0.138. The number of hydrogen-bond acceptors (Lipinski definition) is 5. The van der Waals surface area contributed by atoms with E-state index >= 15 is 0 Å². The number of morpholine rings is 1. The zero-order valence-electron chi connectivity index (χ0n) is 14.4. The van der Waals surface area contributed by atoms with Crippen LogP contribution in [-0.4, -0.2) is 56.9 Å². The summed E-state index contributed by atoms with van der Waals surface area (Å²) in [6.45, 7) is 7.36. The third kappa shape index (κ3) is 7.15. The Morgan fingerprint density at radius 1 is 1.21 bits per heavy atom. The molecule has 5 heteroatoms. The lowest BCUT2D eigenvalue weighted by Gasteiger charge is -2.25. The summed E-state index contributed by atoms with van der Waals surface area (Å²) in [5, 5.41) is 0. The molecular formula is C19H27NO4. The summed E-state index contributed by atoms with van der Waals surface area (Å²) in [4.78, 5) is 14.0. The largest absolute Gasteiger partial charge is 0.494 e. The summed E-state index contributed by atoms with van der Waals surface area (Å²) in [5.41, 5.74) is 0.947. The summed E-state index contributed by atoms with van der Waals surface area (Å²) >= 11 is 0. The standard InChI is InChI=1S/C19H27NO4/c1-2-3-13-23-18-7-4-17(5-8-18)6-9-19(21)24-16-12-20-10-14-22-15-11-20/h4-9H,2-3,10-16H2,1H3/b9-6+. The molecule has 0 atom stereocenters.